The molecular weight excluding hydrogens is 412 g/mol. The number of carbonyl (C=O) groups excluding carboxylic acids is 2. The van der Waals surface area contributed by atoms with E-state index in [0.717, 1.165) is 43.6 Å². The molecule has 2 aliphatic rings. The summed E-state index contributed by atoms with van der Waals surface area (Å²) in [7, 11) is 2.15. The molecule has 0 bridgehead atoms. The highest BCUT2D eigenvalue weighted by molar-refractivity contribution is 6.39. The lowest BCUT2D eigenvalue weighted by Crippen LogP contribution is -2.43. The lowest BCUT2D eigenvalue weighted by molar-refractivity contribution is -0.136. The SMILES string of the molecule is Cc1cccc(C)c1NC(=O)C(=O)NC[C@@H](c1ccc2c(c1)CCCN2C)N1CCCCC1. The Labute approximate surface area is 197 Å². The van der Waals surface area contributed by atoms with Gasteiger partial charge in [-0.1, -0.05) is 36.8 Å². The van der Waals surface area contributed by atoms with Gasteiger partial charge in [-0.3, -0.25) is 14.5 Å². The summed E-state index contributed by atoms with van der Waals surface area (Å²) in [6, 6.07) is 12.6. The molecule has 2 aromatic rings. The van der Waals surface area contributed by atoms with E-state index in [1.807, 2.05) is 32.0 Å². The van der Waals surface area contributed by atoms with E-state index in [1.165, 1.54) is 36.1 Å². The van der Waals surface area contributed by atoms with Crippen molar-refractivity contribution in [1.82, 2.24) is 10.2 Å². The number of benzene rings is 2. The van der Waals surface area contributed by atoms with E-state index >= 15 is 0 Å². The van der Waals surface area contributed by atoms with E-state index in [2.05, 4.69) is 45.7 Å². The second kappa shape index (κ2) is 10.4. The van der Waals surface area contributed by atoms with E-state index in [4.69, 9.17) is 0 Å². The predicted molar refractivity (Wildman–Crippen MR) is 134 cm³/mol. The number of nitrogens with one attached hydrogen (secondary N) is 2. The molecule has 0 spiro atoms. The highest BCUT2D eigenvalue weighted by atomic mass is 16.2. The van der Waals surface area contributed by atoms with Gasteiger partial charge in [-0.05, 0) is 80.9 Å². The van der Waals surface area contributed by atoms with Crippen molar-refractivity contribution in [2.24, 2.45) is 0 Å². The Balaban J connectivity index is 1.48. The minimum absolute atomic E-state index is 0.0692. The van der Waals surface area contributed by atoms with Crippen LogP contribution in [0.3, 0.4) is 0 Å². The molecule has 2 aromatic carbocycles. The zero-order valence-electron chi connectivity index (χ0n) is 20.1. The van der Waals surface area contributed by atoms with Crippen molar-refractivity contribution in [3.63, 3.8) is 0 Å². The smallest absolute Gasteiger partial charge is 0.313 e. The first kappa shape index (κ1) is 23.3. The zero-order valence-corrected chi connectivity index (χ0v) is 20.1. The second-order valence-electron chi connectivity index (χ2n) is 9.46. The fourth-order valence-electron chi connectivity index (χ4n) is 5.15. The van der Waals surface area contributed by atoms with Gasteiger partial charge in [0, 0.05) is 31.5 Å². The van der Waals surface area contributed by atoms with Gasteiger partial charge >= 0.3 is 11.8 Å². The van der Waals surface area contributed by atoms with Crippen LogP contribution in [0.15, 0.2) is 36.4 Å². The van der Waals surface area contributed by atoms with Crippen molar-refractivity contribution in [3.8, 4) is 0 Å². The summed E-state index contributed by atoms with van der Waals surface area (Å²) in [5.41, 5.74) is 6.51. The fourth-order valence-corrected chi connectivity index (χ4v) is 5.15. The summed E-state index contributed by atoms with van der Waals surface area (Å²) in [4.78, 5) is 30.1. The van der Waals surface area contributed by atoms with E-state index in [9.17, 15) is 9.59 Å². The highest BCUT2D eigenvalue weighted by Gasteiger charge is 2.26. The number of likely N-dealkylation sites (tertiary alicyclic amines) is 1. The maximum absolute atomic E-state index is 12.7. The van der Waals surface area contributed by atoms with Gasteiger partial charge in [-0.2, -0.15) is 0 Å². The van der Waals surface area contributed by atoms with Gasteiger partial charge < -0.3 is 15.5 Å². The summed E-state index contributed by atoms with van der Waals surface area (Å²) in [6.45, 7) is 7.42. The normalized spacial score (nSPS) is 17.2. The summed E-state index contributed by atoms with van der Waals surface area (Å²) >= 11 is 0. The standard InChI is InChI=1S/C27H36N4O2/c1-19-9-7-10-20(2)25(19)29-27(33)26(32)28-18-24(31-15-5-4-6-16-31)22-12-13-23-21(17-22)11-8-14-30(23)3/h7,9-10,12-13,17,24H,4-6,8,11,14-16,18H2,1-3H3,(H,28,32)(H,29,33)/t24-/m0/s1. The van der Waals surface area contributed by atoms with Crippen LogP contribution in [-0.2, 0) is 16.0 Å². The molecular formula is C27H36N4O2. The lowest BCUT2D eigenvalue weighted by Gasteiger charge is -2.36. The van der Waals surface area contributed by atoms with Crippen LogP contribution in [0, 0.1) is 13.8 Å². The zero-order chi connectivity index (χ0) is 23.4. The van der Waals surface area contributed by atoms with Gasteiger partial charge in [-0.15, -0.1) is 0 Å². The number of aryl methyl sites for hydroxylation is 3. The number of nitrogens with zero attached hydrogens (tertiary/aromatic N) is 2. The molecule has 33 heavy (non-hydrogen) atoms. The van der Waals surface area contributed by atoms with Crippen LogP contribution in [0.1, 0.15) is 54.0 Å². The van der Waals surface area contributed by atoms with Gasteiger partial charge in [0.15, 0.2) is 0 Å². The van der Waals surface area contributed by atoms with Crippen LogP contribution in [-0.4, -0.2) is 49.9 Å². The minimum atomic E-state index is -0.614. The Bertz CT molecular complexity index is 993. The number of amides is 2. The number of hydrogen-bond donors (Lipinski definition) is 2. The fraction of sp³-hybridized carbons (Fsp3) is 0.481. The minimum Gasteiger partial charge on any atom is -0.374 e. The topological polar surface area (TPSA) is 64.7 Å². The molecule has 0 unspecified atom stereocenters. The number of fused-ring (bicyclic) bond motifs is 1. The van der Waals surface area contributed by atoms with Gasteiger partial charge in [0.05, 0.1) is 6.04 Å². The van der Waals surface area contributed by atoms with Gasteiger partial charge in [0.2, 0.25) is 0 Å². The maximum atomic E-state index is 12.7. The average Bonchev–Trinajstić information content (AvgIpc) is 2.82. The molecule has 0 radical (unpaired) electrons. The first-order valence-corrected chi connectivity index (χ1v) is 12.2. The van der Waals surface area contributed by atoms with Crippen LogP contribution in [0.25, 0.3) is 0 Å². The van der Waals surface area contributed by atoms with Gasteiger partial charge in [-0.25, -0.2) is 0 Å². The monoisotopic (exact) mass is 448 g/mol. The second-order valence-corrected chi connectivity index (χ2v) is 9.46. The highest BCUT2D eigenvalue weighted by Crippen LogP contribution is 2.31. The summed E-state index contributed by atoms with van der Waals surface area (Å²) in [6.07, 6.45) is 5.85. The maximum Gasteiger partial charge on any atom is 0.313 e. The molecule has 2 amide bonds. The van der Waals surface area contributed by atoms with Crippen LogP contribution in [0.5, 0.6) is 0 Å². The average molecular weight is 449 g/mol. The van der Waals surface area contributed by atoms with E-state index < -0.39 is 11.8 Å². The molecule has 6 heteroatoms. The molecule has 176 valence electrons. The largest absolute Gasteiger partial charge is 0.374 e. The molecule has 6 nitrogen and oxygen atoms in total. The molecule has 4 rings (SSSR count). The van der Waals surface area contributed by atoms with Gasteiger partial charge in [0.1, 0.15) is 0 Å². The Morgan fingerprint density at radius 1 is 0.939 bits per heavy atom. The lowest BCUT2D eigenvalue weighted by atomic mass is 9.95. The molecule has 2 heterocycles. The molecule has 1 saturated heterocycles. The van der Waals surface area contributed by atoms with Crippen molar-refractivity contribution >= 4 is 23.2 Å². The van der Waals surface area contributed by atoms with E-state index in [0.29, 0.717) is 12.2 Å². The number of anilines is 2. The number of carbonyl (C=O) groups is 2. The number of piperidine rings is 1. The molecule has 1 fully saturated rings. The number of rotatable bonds is 5. The Kier molecular flexibility index (Phi) is 7.33. The first-order chi connectivity index (χ1) is 15.9. The summed E-state index contributed by atoms with van der Waals surface area (Å²) in [5.74, 6) is -1.20. The molecule has 0 aromatic heterocycles. The Morgan fingerprint density at radius 3 is 2.39 bits per heavy atom. The van der Waals surface area contributed by atoms with Crippen LogP contribution in [0.2, 0.25) is 0 Å². The van der Waals surface area contributed by atoms with E-state index in [1.54, 1.807) is 0 Å². The van der Waals surface area contributed by atoms with Crippen molar-refractivity contribution < 1.29 is 9.59 Å². The van der Waals surface area contributed by atoms with Crippen LogP contribution >= 0.6 is 0 Å². The van der Waals surface area contributed by atoms with Crippen molar-refractivity contribution in [2.75, 3.05) is 43.4 Å². The van der Waals surface area contributed by atoms with Crippen molar-refractivity contribution in [2.45, 2.75) is 52.0 Å². The Morgan fingerprint density at radius 2 is 1.67 bits per heavy atom. The first-order valence-electron chi connectivity index (χ1n) is 12.2. The Hall–Kier alpha value is -2.86. The molecule has 0 aliphatic carbocycles. The van der Waals surface area contributed by atoms with Gasteiger partial charge in [0.25, 0.3) is 0 Å². The third-order valence-corrected chi connectivity index (χ3v) is 7.05. The van der Waals surface area contributed by atoms with Crippen molar-refractivity contribution in [3.05, 3.63) is 58.7 Å². The third-order valence-electron chi connectivity index (χ3n) is 7.05. The quantitative estimate of drug-likeness (QED) is 0.680. The van der Waals surface area contributed by atoms with Crippen LogP contribution in [0.4, 0.5) is 11.4 Å². The molecule has 0 saturated carbocycles. The number of para-hydroxylation sites is 1. The molecule has 2 aliphatic heterocycles. The van der Waals surface area contributed by atoms with E-state index in [-0.39, 0.29) is 6.04 Å². The predicted octanol–water partition coefficient (Wildman–Crippen LogP) is 3.97. The summed E-state index contributed by atoms with van der Waals surface area (Å²) < 4.78 is 0. The third kappa shape index (κ3) is 5.38. The van der Waals surface area contributed by atoms with Crippen molar-refractivity contribution in [1.29, 1.82) is 0 Å². The molecule has 1 atom stereocenters. The molecule has 2 N–H and O–H groups in total. The summed E-state index contributed by atoms with van der Waals surface area (Å²) in [5, 5.41) is 5.72. The van der Waals surface area contributed by atoms with Crippen LogP contribution < -0.4 is 15.5 Å². The number of hydrogen-bond acceptors (Lipinski definition) is 4.